The Kier molecular flexibility index (Phi) is 4.19. The van der Waals surface area contributed by atoms with Crippen LogP contribution in [0.5, 0.6) is 0 Å². The second-order valence-corrected chi connectivity index (χ2v) is 4.86. The van der Waals surface area contributed by atoms with E-state index < -0.39 is 0 Å². The predicted molar refractivity (Wildman–Crippen MR) is 69.9 cm³/mol. The zero-order valence-electron chi connectivity index (χ0n) is 9.23. The summed E-state index contributed by atoms with van der Waals surface area (Å²) in [4.78, 5) is 4.13. The van der Waals surface area contributed by atoms with Crippen LogP contribution >= 0.6 is 23.4 Å². The third-order valence-corrected chi connectivity index (χ3v) is 3.75. The molecular weight excluding hydrogens is 271 g/mol. The highest BCUT2D eigenvalue weighted by atomic mass is 35.5. The molecule has 0 N–H and O–H groups in total. The Labute approximate surface area is 113 Å². The van der Waals surface area contributed by atoms with E-state index in [2.05, 4.69) is 4.98 Å². The second kappa shape index (κ2) is 5.85. The summed E-state index contributed by atoms with van der Waals surface area (Å²) in [6.07, 6.45) is 1.64. The molecule has 0 fully saturated rings. The molecule has 0 amide bonds. The lowest BCUT2D eigenvalue weighted by molar-refractivity contribution is 0.626. The number of hydrogen-bond donors (Lipinski definition) is 0. The van der Waals surface area contributed by atoms with Crippen LogP contribution in [0.15, 0.2) is 41.6 Å². The monoisotopic (exact) mass is 278 g/mol. The molecule has 0 saturated heterocycles. The van der Waals surface area contributed by atoms with Crippen molar-refractivity contribution in [2.45, 2.75) is 10.8 Å². The number of thioether (sulfide) groups is 1. The zero-order chi connectivity index (χ0) is 13.0. The Morgan fingerprint density at radius 3 is 2.94 bits per heavy atom. The maximum atomic E-state index is 13.1. The molecule has 1 aromatic heterocycles. The number of hydrogen-bond acceptors (Lipinski definition) is 3. The van der Waals surface area contributed by atoms with Gasteiger partial charge in [-0.3, -0.25) is 0 Å². The van der Waals surface area contributed by atoms with E-state index in [1.165, 1.54) is 30.0 Å². The molecular formula is C13H8ClFN2S. The van der Waals surface area contributed by atoms with Gasteiger partial charge < -0.3 is 0 Å². The standard InChI is InChI=1S/C13H8ClFN2S/c14-12-2-1-5-17-13(12)18-8-10-6-11(15)4-3-9(10)7-16/h1-6H,8H2. The van der Waals surface area contributed by atoms with Gasteiger partial charge in [-0.1, -0.05) is 11.6 Å². The third kappa shape index (κ3) is 3.00. The van der Waals surface area contributed by atoms with Gasteiger partial charge in [-0.05, 0) is 35.9 Å². The zero-order valence-corrected chi connectivity index (χ0v) is 10.8. The molecule has 2 nitrogen and oxygen atoms in total. The van der Waals surface area contributed by atoms with Gasteiger partial charge >= 0.3 is 0 Å². The van der Waals surface area contributed by atoms with E-state index in [0.717, 1.165) is 0 Å². The first-order valence-corrected chi connectivity index (χ1v) is 6.49. The van der Waals surface area contributed by atoms with Crippen LogP contribution in [0.25, 0.3) is 0 Å². The lowest BCUT2D eigenvalue weighted by atomic mass is 10.1. The van der Waals surface area contributed by atoms with Gasteiger partial charge in [0.15, 0.2) is 0 Å². The molecule has 0 aliphatic carbocycles. The van der Waals surface area contributed by atoms with Crippen LogP contribution in [0.3, 0.4) is 0 Å². The molecule has 0 atom stereocenters. The van der Waals surface area contributed by atoms with E-state index in [0.29, 0.717) is 26.9 Å². The van der Waals surface area contributed by atoms with Gasteiger partial charge in [-0.25, -0.2) is 9.37 Å². The summed E-state index contributed by atoms with van der Waals surface area (Å²) in [5.41, 5.74) is 1.11. The fourth-order valence-corrected chi connectivity index (χ4v) is 2.57. The molecule has 0 aliphatic rings. The number of rotatable bonds is 3. The van der Waals surface area contributed by atoms with Gasteiger partial charge in [0.2, 0.25) is 0 Å². The van der Waals surface area contributed by atoms with E-state index in [1.807, 2.05) is 6.07 Å². The summed E-state index contributed by atoms with van der Waals surface area (Å²) in [6, 6.07) is 9.65. The van der Waals surface area contributed by atoms with Crippen molar-refractivity contribution in [1.82, 2.24) is 4.98 Å². The van der Waals surface area contributed by atoms with Gasteiger partial charge in [-0.15, -0.1) is 11.8 Å². The Morgan fingerprint density at radius 1 is 1.39 bits per heavy atom. The van der Waals surface area contributed by atoms with Crippen LogP contribution in [-0.4, -0.2) is 4.98 Å². The normalized spacial score (nSPS) is 10.1. The number of nitrogens with zero attached hydrogens (tertiary/aromatic N) is 2. The first kappa shape index (κ1) is 12.9. The number of aromatic nitrogens is 1. The highest BCUT2D eigenvalue weighted by Gasteiger charge is 2.07. The first-order chi connectivity index (χ1) is 8.70. The van der Waals surface area contributed by atoms with Crippen LogP contribution in [0.4, 0.5) is 4.39 Å². The van der Waals surface area contributed by atoms with Gasteiger partial charge in [0, 0.05) is 11.9 Å². The van der Waals surface area contributed by atoms with E-state index in [4.69, 9.17) is 16.9 Å². The molecule has 0 bridgehead atoms. The maximum Gasteiger partial charge on any atom is 0.123 e. The number of pyridine rings is 1. The van der Waals surface area contributed by atoms with Crippen LogP contribution in [0.2, 0.25) is 5.02 Å². The Balaban J connectivity index is 2.18. The molecule has 0 saturated carbocycles. The molecule has 0 aliphatic heterocycles. The number of halogens is 2. The fraction of sp³-hybridized carbons (Fsp3) is 0.0769. The summed E-state index contributed by atoms with van der Waals surface area (Å²) >= 11 is 7.35. The van der Waals surface area contributed by atoms with E-state index >= 15 is 0 Å². The van der Waals surface area contributed by atoms with Crippen molar-refractivity contribution in [3.63, 3.8) is 0 Å². The molecule has 0 radical (unpaired) electrons. The molecule has 1 heterocycles. The minimum Gasteiger partial charge on any atom is -0.248 e. The summed E-state index contributed by atoms with van der Waals surface area (Å²) < 4.78 is 13.1. The first-order valence-electron chi connectivity index (χ1n) is 5.12. The van der Waals surface area contributed by atoms with E-state index in [1.54, 1.807) is 18.3 Å². The predicted octanol–water partition coefficient (Wildman–Crippen LogP) is 4.04. The van der Waals surface area contributed by atoms with Crippen molar-refractivity contribution < 1.29 is 4.39 Å². The highest BCUT2D eigenvalue weighted by Crippen LogP contribution is 2.28. The molecule has 90 valence electrons. The SMILES string of the molecule is N#Cc1ccc(F)cc1CSc1ncccc1Cl. The topological polar surface area (TPSA) is 36.7 Å². The molecule has 0 unspecified atom stereocenters. The van der Waals surface area contributed by atoms with Crippen molar-refractivity contribution in [3.05, 3.63) is 58.5 Å². The average molecular weight is 279 g/mol. The van der Waals surface area contributed by atoms with E-state index in [-0.39, 0.29) is 5.82 Å². The van der Waals surface area contributed by atoms with Gasteiger partial charge in [0.05, 0.1) is 16.7 Å². The van der Waals surface area contributed by atoms with Crippen molar-refractivity contribution in [3.8, 4) is 6.07 Å². The Morgan fingerprint density at radius 2 is 2.22 bits per heavy atom. The van der Waals surface area contributed by atoms with Crippen LogP contribution in [-0.2, 0) is 5.75 Å². The fourth-order valence-electron chi connectivity index (χ4n) is 1.41. The lowest BCUT2D eigenvalue weighted by Crippen LogP contribution is -1.90. The molecule has 18 heavy (non-hydrogen) atoms. The van der Waals surface area contributed by atoms with Gasteiger partial charge in [-0.2, -0.15) is 5.26 Å². The number of nitriles is 1. The van der Waals surface area contributed by atoms with Crippen molar-refractivity contribution in [2.75, 3.05) is 0 Å². The summed E-state index contributed by atoms with van der Waals surface area (Å²) in [7, 11) is 0. The van der Waals surface area contributed by atoms with Crippen LogP contribution in [0, 0.1) is 17.1 Å². The van der Waals surface area contributed by atoms with Crippen LogP contribution in [0.1, 0.15) is 11.1 Å². The Hall–Kier alpha value is -1.57. The van der Waals surface area contributed by atoms with Gasteiger partial charge in [0.25, 0.3) is 0 Å². The molecule has 1 aromatic carbocycles. The third-order valence-electron chi connectivity index (χ3n) is 2.28. The smallest absolute Gasteiger partial charge is 0.123 e. The molecule has 5 heteroatoms. The van der Waals surface area contributed by atoms with Crippen LogP contribution < -0.4 is 0 Å². The summed E-state index contributed by atoms with van der Waals surface area (Å²) in [6.45, 7) is 0. The summed E-state index contributed by atoms with van der Waals surface area (Å²) in [5.74, 6) is 0.105. The number of benzene rings is 1. The minimum absolute atomic E-state index is 0.350. The van der Waals surface area contributed by atoms with Crippen molar-refractivity contribution in [2.24, 2.45) is 0 Å². The quantitative estimate of drug-likeness (QED) is 0.795. The molecule has 2 rings (SSSR count). The van der Waals surface area contributed by atoms with Crippen molar-refractivity contribution >= 4 is 23.4 Å². The van der Waals surface area contributed by atoms with E-state index in [9.17, 15) is 4.39 Å². The average Bonchev–Trinajstić information content (AvgIpc) is 2.38. The lowest BCUT2D eigenvalue weighted by Gasteiger charge is -2.05. The second-order valence-electron chi connectivity index (χ2n) is 3.49. The molecule has 0 spiro atoms. The Bertz CT molecular complexity index is 610. The highest BCUT2D eigenvalue weighted by molar-refractivity contribution is 7.98. The molecule has 2 aromatic rings. The van der Waals surface area contributed by atoms with Crippen molar-refractivity contribution in [1.29, 1.82) is 5.26 Å². The minimum atomic E-state index is -0.350. The summed E-state index contributed by atoms with van der Waals surface area (Å²) in [5, 5.41) is 10.2. The maximum absolute atomic E-state index is 13.1. The van der Waals surface area contributed by atoms with Gasteiger partial charge in [0.1, 0.15) is 10.8 Å². The largest absolute Gasteiger partial charge is 0.248 e.